The second-order valence-corrected chi connectivity index (χ2v) is 7.46. The number of hydrogen-bond donors (Lipinski definition) is 0. The van der Waals surface area contributed by atoms with E-state index in [4.69, 9.17) is 42.1 Å². The molecule has 4 aromatic rings. The van der Waals surface area contributed by atoms with Crippen molar-refractivity contribution in [2.75, 3.05) is 0 Å². The molecule has 0 aliphatic rings. The van der Waals surface area contributed by atoms with Crippen LogP contribution >= 0.6 is 23.2 Å². The fraction of sp³-hybridized carbons (Fsp3) is 0.143. The summed E-state index contributed by atoms with van der Waals surface area (Å²) in [5.74, 6) is 0.260. The number of hydrogen-bond acceptors (Lipinski definition) is 7. The Morgan fingerprint density at radius 3 is 2.68 bits per heavy atom. The molecule has 2 aromatic heterocycles. The summed E-state index contributed by atoms with van der Waals surface area (Å²) in [6.07, 6.45) is 0.00866. The molecule has 0 saturated carbocycles. The zero-order chi connectivity index (χ0) is 22.1. The Balaban J connectivity index is 1.63. The highest BCUT2D eigenvalue weighted by atomic mass is 35.5. The van der Waals surface area contributed by atoms with Crippen molar-refractivity contribution in [1.82, 2.24) is 15.4 Å². The molecule has 0 fully saturated rings. The number of aromatic nitrogens is 3. The molecule has 0 atom stereocenters. The van der Waals surface area contributed by atoms with Crippen molar-refractivity contribution in [3.05, 3.63) is 74.7 Å². The first kappa shape index (κ1) is 20.8. The van der Waals surface area contributed by atoms with Crippen LogP contribution in [-0.2, 0) is 6.42 Å². The lowest BCUT2D eigenvalue weighted by Crippen LogP contribution is -1.98. The molecule has 31 heavy (non-hydrogen) atoms. The quantitative estimate of drug-likeness (QED) is 0.359. The van der Waals surface area contributed by atoms with Crippen LogP contribution in [0.25, 0.3) is 11.5 Å². The van der Waals surface area contributed by atoms with Crippen molar-refractivity contribution in [2.45, 2.75) is 20.3 Å². The third-order valence-electron chi connectivity index (χ3n) is 4.41. The molecule has 0 amide bonds. The number of aryl methyl sites for hydroxylation is 2. The summed E-state index contributed by atoms with van der Waals surface area (Å²) in [7, 11) is 0. The van der Waals surface area contributed by atoms with Gasteiger partial charge in [-0.1, -0.05) is 34.4 Å². The minimum absolute atomic E-state index is 0.00866. The summed E-state index contributed by atoms with van der Waals surface area (Å²) in [4.78, 5) is 0. The average Bonchev–Trinajstić information content (AvgIpc) is 3.32. The topological polar surface area (TPSA) is 98.0 Å². The minimum Gasteiger partial charge on any atom is -0.453 e. The van der Waals surface area contributed by atoms with E-state index in [1.807, 2.05) is 6.07 Å². The SMILES string of the molecule is Cc1noc(C)c1-c1nnc(Cc2ccc(Cl)c(Oc3cc(Cl)cc(C#N)c3)c2F)o1. The lowest BCUT2D eigenvalue weighted by atomic mass is 10.1. The molecular weight excluding hydrogens is 446 g/mol. The predicted molar refractivity (Wildman–Crippen MR) is 110 cm³/mol. The van der Waals surface area contributed by atoms with Gasteiger partial charge in [-0.3, -0.25) is 0 Å². The van der Waals surface area contributed by atoms with Crippen LogP contribution < -0.4 is 4.74 Å². The Morgan fingerprint density at radius 2 is 1.97 bits per heavy atom. The van der Waals surface area contributed by atoms with E-state index in [0.29, 0.717) is 17.0 Å². The van der Waals surface area contributed by atoms with Crippen molar-refractivity contribution < 1.29 is 18.1 Å². The Bertz CT molecular complexity index is 1310. The molecule has 156 valence electrons. The van der Waals surface area contributed by atoms with Gasteiger partial charge in [0.15, 0.2) is 11.6 Å². The van der Waals surface area contributed by atoms with E-state index in [-0.39, 0.29) is 50.9 Å². The molecule has 0 spiro atoms. The van der Waals surface area contributed by atoms with Gasteiger partial charge in [-0.15, -0.1) is 10.2 Å². The van der Waals surface area contributed by atoms with E-state index in [2.05, 4.69) is 15.4 Å². The number of nitrogens with zero attached hydrogens (tertiary/aromatic N) is 4. The van der Waals surface area contributed by atoms with Crippen molar-refractivity contribution in [3.63, 3.8) is 0 Å². The van der Waals surface area contributed by atoms with Crippen LogP contribution in [0.3, 0.4) is 0 Å². The standard InChI is InChI=1S/C21H13Cl2FN4O3/c1-10-18(11(2)31-28-10)21-27-26-17(30-21)7-13-3-4-16(23)20(19(13)24)29-15-6-12(9-25)5-14(22)8-15/h3-6,8H,7H2,1-2H3. The van der Waals surface area contributed by atoms with Crippen molar-refractivity contribution >= 4 is 23.2 Å². The normalized spacial score (nSPS) is 10.8. The van der Waals surface area contributed by atoms with Crippen LogP contribution in [-0.4, -0.2) is 15.4 Å². The monoisotopic (exact) mass is 458 g/mol. The third-order valence-corrected chi connectivity index (χ3v) is 4.92. The largest absolute Gasteiger partial charge is 0.453 e. The zero-order valence-corrected chi connectivity index (χ0v) is 17.8. The van der Waals surface area contributed by atoms with Gasteiger partial charge in [0.25, 0.3) is 5.89 Å². The van der Waals surface area contributed by atoms with Crippen LogP contribution in [0.15, 0.2) is 39.3 Å². The number of halogens is 3. The van der Waals surface area contributed by atoms with Gasteiger partial charge >= 0.3 is 0 Å². The molecule has 0 bridgehead atoms. The lowest BCUT2D eigenvalue weighted by Gasteiger charge is -2.11. The molecule has 10 heteroatoms. The maximum Gasteiger partial charge on any atom is 0.253 e. The Hall–Kier alpha value is -3.41. The Kier molecular flexibility index (Phi) is 5.63. The van der Waals surface area contributed by atoms with E-state index in [0.717, 1.165) is 0 Å². The molecule has 7 nitrogen and oxygen atoms in total. The highest BCUT2D eigenvalue weighted by Crippen LogP contribution is 2.36. The molecule has 2 aromatic carbocycles. The maximum absolute atomic E-state index is 15.2. The molecule has 0 aliphatic carbocycles. The van der Waals surface area contributed by atoms with Crippen LogP contribution in [0.4, 0.5) is 4.39 Å². The number of nitriles is 1. The second kappa shape index (κ2) is 8.38. The summed E-state index contributed by atoms with van der Waals surface area (Å²) in [6.45, 7) is 3.49. The minimum atomic E-state index is -0.692. The second-order valence-electron chi connectivity index (χ2n) is 6.62. The van der Waals surface area contributed by atoms with Gasteiger partial charge in [-0.25, -0.2) is 4.39 Å². The van der Waals surface area contributed by atoms with E-state index >= 15 is 4.39 Å². The van der Waals surface area contributed by atoms with Crippen LogP contribution in [0, 0.1) is 31.0 Å². The smallest absolute Gasteiger partial charge is 0.253 e. The maximum atomic E-state index is 15.2. The van der Waals surface area contributed by atoms with Gasteiger partial charge in [0, 0.05) is 10.6 Å². The van der Waals surface area contributed by atoms with Crippen LogP contribution in [0.1, 0.15) is 28.5 Å². The molecule has 0 N–H and O–H groups in total. The first-order valence-electron chi connectivity index (χ1n) is 8.96. The van der Waals surface area contributed by atoms with Crippen LogP contribution in [0.5, 0.6) is 11.5 Å². The van der Waals surface area contributed by atoms with Crippen LogP contribution in [0.2, 0.25) is 10.0 Å². The predicted octanol–water partition coefficient (Wildman–Crippen LogP) is 6.04. The zero-order valence-electron chi connectivity index (χ0n) is 16.2. The number of ether oxygens (including phenoxy) is 1. The van der Waals surface area contributed by atoms with Crippen molar-refractivity contribution in [1.29, 1.82) is 5.26 Å². The Labute approximate surface area is 186 Å². The van der Waals surface area contributed by atoms with E-state index < -0.39 is 5.82 Å². The van der Waals surface area contributed by atoms with E-state index in [1.165, 1.54) is 30.3 Å². The number of benzene rings is 2. The lowest BCUT2D eigenvalue weighted by molar-refractivity contribution is 0.393. The van der Waals surface area contributed by atoms with Gasteiger partial charge < -0.3 is 13.7 Å². The van der Waals surface area contributed by atoms with E-state index in [9.17, 15) is 0 Å². The van der Waals surface area contributed by atoms with Gasteiger partial charge in [0.2, 0.25) is 5.89 Å². The molecular formula is C21H13Cl2FN4O3. The van der Waals surface area contributed by atoms with Gasteiger partial charge in [0.1, 0.15) is 17.1 Å². The molecule has 0 unspecified atom stereocenters. The first-order valence-corrected chi connectivity index (χ1v) is 9.72. The molecule has 4 rings (SSSR count). The summed E-state index contributed by atoms with van der Waals surface area (Å²) >= 11 is 12.1. The molecule has 0 aliphatic heterocycles. The van der Waals surface area contributed by atoms with Crippen molar-refractivity contribution in [2.24, 2.45) is 0 Å². The Morgan fingerprint density at radius 1 is 1.16 bits per heavy atom. The van der Waals surface area contributed by atoms with Gasteiger partial charge in [0.05, 0.1) is 28.8 Å². The summed E-state index contributed by atoms with van der Waals surface area (Å²) in [5.41, 5.74) is 1.72. The number of rotatable bonds is 5. The average molecular weight is 459 g/mol. The molecule has 2 heterocycles. The molecule has 0 radical (unpaired) electrons. The van der Waals surface area contributed by atoms with E-state index in [1.54, 1.807) is 13.8 Å². The summed E-state index contributed by atoms with van der Waals surface area (Å²) in [5, 5.41) is 21.2. The highest BCUT2D eigenvalue weighted by Gasteiger charge is 2.21. The first-order chi connectivity index (χ1) is 14.9. The van der Waals surface area contributed by atoms with Gasteiger partial charge in [-0.05, 0) is 38.1 Å². The fourth-order valence-electron chi connectivity index (χ4n) is 2.98. The van der Waals surface area contributed by atoms with Crippen molar-refractivity contribution in [3.8, 4) is 29.0 Å². The highest BCUT2D eigenvalue weighted by molar-refractivity contribution is 6.32. The fourth-order valence-corrected chi connectivity index (χ4v) is 3.39. The molecule has 0 saturated heterocycles. The third kappa shape index (κ3) is 4.24. The summed E-state index contributed by atoms with van der Waals surface area (Å²) < 4.78 is 31.6. The summed E-state index contributed by atoms with van der Waals surface area (Å²) in [6, 6.07) is 9.32. The van der Waals surface area contributed by atoms with Gasteiger partial charge in [-0.2, -0.15) is 5.26 Å².